The molecule has 0 aliphatic carbocycles. The van der Waals surface area contributed by atoms with E-state index >= 15 is 0 Å². The lowest BCUT2D eigenvalue weighted by molar-refractivity contribution is -0.113. The highest BCUT2D eigenvalue weighted by atomic mass is 79.9. The van der Waals surface area contributed by atoms with E-state index in [0.29, 0.717) is 30.4 Å². The molecule has 1 aliphatic rings. The number of nitrogens with zero attached hydrogens (tertiary/aromatic N) is 3. The Kier molecular flexibility index (Phi) is 4.93. The zero-order valence-corrected chi connectivity index (χ0v) is 14.5. The van der Waals surface area contributed by atoms with Gasteiger partial charge in [-0.25, -0.2) is 9.97 Å². The summed E-state index contributed by atoms with van der Waals surface area (Å²) in [5.74, 6) is 1.17. The van der Waals surface area contributed by atoms with Crippen LogP contribution in [0, 0.1) is 0 Å². The first-order valence-electron chi connectivity index (χ1n) is 7.11. The third kappa shape index (κ3) is 3.89. The predicted molar refractivity (Wildman–Crippen MR) is 94.7 cm³/mol. The van der Waals surface area contributed by atoms with Crippen LogP contribution in [-0.4, -0.2) is 29.0 Å². The maximum Gasteiger partial charge on any atom is 0.252 e. The fourth-order valence-electron chi connectivity index (χ4n) is 2.32. The van der Waals surface area contributed by atoms with Crippen LogP contribution in [0.15, 0.2) is 52.8 Å². The number of nitrogens with one attached hydrogen (secondary N) is 1. The van der Waals surface area contributed by atoms with Crippen molar-refractivity contribution in [3.05, 3.63) is 57.8 Å². The third-order valence-electron chi connectivity index (χ3n) is 3.51. The van der Waals surface area contributed by atoms with E-state index in [4.69, 9.17) is 11.6 Å². The van der Waals surface area contributed by atoms with Crippen molar-refractivity contribution in [1.82, 2.24) is 9.97 Å². The van der Waals surface area contributed by atoms with Crippen molar-refractivity contribution < 1.29 is 4.79 Å². The zero-order chi connectivity index (χ0) is 16.2. The van der Waals surface area contributed by atoms with Gasteiger partial charge < -0.3 is 10.2 Å². The van der Waals surface area contributed by atoms with Gasteiger partial charge in [-0.3, -0.25) is 4.79 Å². The van der Waals surface area contributed by atoms with Gasteiger partial charge in [0.25, 0.3) is 5.91 Å². The van der Waals surface area contributed by atoms with Gasteiger partial charge in [-0.15, -0.1) is 0 Å². The molecule has 0 spiro atoms. The van der Waals surface area contributed by atoms with Gasteiger partial charge in [-0.1, -0.05) is 17.7 Å². The summed E-state index contributed by atoms with van der Waals surface area (Å²) in [5.41, 5.74) is 0.748. The van der Waals surface area contributed by atoms with Gasteiger partial charge in [0.05, 0.1) is 5.02 Å². The second-order valence-corrected chi connectivity index (χ2v) is 6.37. The Morgan fingerprint density at radius 2 is 2.17 bits per heavy atom. The van der Waals surface area contributed by atoms with Crippen molar-refractivity contribution in [2.45, 2.75) is 6.42 Å². The number of hydrogen-bond donors (Lipinski definition) is 1. The molecule has 2 aromatic heterocycles. The fourth-order valence-corrected chi connectivity index (χ4v) is 2.80. The molecule has 0 unspecified atom stereocenters. The molecule has 1 N–H and O–H groups in total. The molecule has 0 saturated carbocycles. The summed E-state index contributed by atoms with van der Waals surface area (Å²) in [6.45, 7) is 1.30. The van der Waals surface area contributed by atoms with Gasteiger partial charge in [0.15, 0.2) is 0 Å². The van der Waals surface area contributed by atoms with Gasteiger partial charge in [-0.05, 0) is 46.6 Å². The molecular formula is C16H14BrClN4O. The Balaban J connectivity index is 1.65. The monoisotopic (exact) mass is 392 g/mol. The Labute approximate surface area is 147 Å². The van der Waals surface area contributed by atoms with Crippen LogP contribution < -0.4 is 10.2 Å². The minimum Gasteiger partial charge on any atom is -0.351 e. The first kappa shape index (κ1) is 16.0. The van der Waals surface area contributed by atoms with E-state index in [1.54, 1.807) is 24.5 Å². The number of rotatable bonds is 3. The van der Waals surface area contributed by atoms with Crippen LogP contribution in [0.3, 0.4) is 0 Å². The van der Waals surface area contributed by atoms with Gasteiger partial charge in [0.2, 0.25) is 0 Å². The highest BCUT2D eigenvalue weighted by molar-refractivity contribution is 9.10. The van der Waals surface area contributed by atoms with Crippen LogP contribution in [-0.2, 0) is 4.79 Å². The molecule has 1 aliphatic heterocycles. The lowest BCUT2D eigenvalue weighted by atomic mass is 10.1. The van der Waals surface area contributed by atoms with Crippen molar-refractivity contribution in [1.29, 1.82) is 0 Å². The molecule has 118 valence electrons. The van der Waals surface area contributed by atoms with Gasteiger partial charge in [0, 0.05) is 35.5 Å². The smallest absolute Gasteiger partial charge is 0.252 e. The average Bonchev–Trinajstić information content (AvgIpc) is 2.57. The standard InChI is InChI=1S/C16H14BrClN4O/c17-12-3-4-14(20-10-12)21-16(23)11-5-8-22(9-6-11)15-13(18)2-1-7-19-15/h1-5,7,10H,6,8-9H2,(H,20,21,23). The quantitative estimate of drug-likeness (QED) is 0.864. The largest absolute Gasteiger partial charge is 0.351 e. The maximum atomic E-state index is 12.3. The number of amides is 1. The number of anilines is 2. The maximum absolute atomic E-state index is 12.3. The Bertz CT molecular complexity index is 748. The molecule has 0 fully saturated rings. The second kappa shape index (κ2) is 7.10. The summed E-state index contributed by atoms with van der Waals surface area (Å²) in [6.07, 6.45) is 5.90. The van der Waals surface area contributed by atoms with E-state index in [1.807, 2.05) is 18.2 Å². The average molecular weight is 394 g/mol. The molecule has 3 heterocycles. The molecule has 0 radical (unpaired) electrons. The number of pyridine rings is 2. The lowest BCUT2D eigenvalue weighted by Crippen LogP contribution is -2.32. The van der Waals surface area contributed by atoms with E-state index < -0.39 is 0 Å². The fraction of sp³-hybridized carbons (Fsp3) is 0.188. The van der Waals surface area contributed by atoms with E-state index in [2.05, 4.69) is 36.1 Å². The summed E-state index contributed by atoms with van der Waals surface area (Å²) < 4.78 is 0.871. The zero-order valence-electron chi connectivity index (χ0n) is 12.2. The minimum atomic E-state index is -0.119. The van der Waals surface area contributed by atoms with E-state index in [-0.39, 0.29) is 5.91 Å². The molecular weight excluding hydrogens is 380 g/mol. The summed E-state index contributed by atoms with van der Waals surface area (Å²) in [7, 11) is 0. The number of carbonyl (C=O) groups is 1. The SMILES string of the molecule is O=C(Nc1ccc(Br)cn1)C1=CCN(c2ncccc2Cl)CC1. The molecule has 0 aromatic carbocycles. The normalized spacial score (nSPS) is 14.3. The van der Waals surface area contributed by atoms with E-state index in [0.717, 1.165) is 15.9 Å². The van der Waals surface area contributed by atoms with Crippen molar-refractivity contribution in [2.24, 2.45) is 0 Å². The van der Waals surface area contributed by atoms with Crippen LogP contribution in [0.25, 0.3) is 0 Å². The molecule has 1 amide bonds. The van der Waals surface area contributed by atoms with Crippen molar-refractivity contribution in [3.63, 3.8) is 0 Å². The highest BCUT2D eigenvalue weighted by Gasteiger charge is 2.19. The molecule has 0 atom stereocenters. The highest BCUT2D eigenvalue weighted by Crippen LogP contribution is 2.25. The first-order valence-corrected chi connectivity index (χ1v) is 8.28. The molecule has 0 saturated heterocycles. The second-order valence-electron chi connectivity index (χ2n) is 5.05. The summed E-state index contributed by atoms with van der Waals surface area (Å²) >= 11 is 9.47. The van der Waals surface area contributed by atoms with Crippen LogP contribution in [0.5, 0.6) is 0 Å². The third-order valence-corrected chi connectivity index (χ3v) is 4.27. The number of hydrogen-bond acceptors (Lipinski definition) is 4. The summed E-state index contributed by atoms with van der Waals surface area (Å²) in [4.78, 5) is 22.8. The Morgan fingerprint density at radius 3 is 2.83 bits per heavy atom. The van der Waals surface area contributed by atoms with Crippen molar-refractivity contribution in [2.75, 3.05) is 23.3 Å². The lowest BCUT2D eigenvalue weighted by Gasteiger charge is -2.27. The Hall–Kier alpha value is -1.92. The van der Waals surface area contributed by atoms with Crippen LogP contribution >= 0.6 is 27.5 Å². The molecule has 5 nitrogen and oxygen atoms in total. The number of halogens is 2. The number of aromatic nitrogens is 2. The van der Waals surface area contributed by atoms with E-state index in [9.17, 15) is 4.79 Å². The summed E-state index contributed by atoms with van der Waals surface area (Å²) in [5, 5.41) is 3.42. The molecule has 7 heteroatoms. The van der Waals surface area contributed by atoms with Gasteiger partial charge in [-0.2, -0.15) is 0 Å². The predicted octanol–water partition coefficient (Wildman–Crippen LogP) is 3.67. The van der Waals surface area contributed by atoms with Crippen molar-refractivity contribution in [3.8, 4) is 0 Å². The summed E-state index contributed by atoms with van der Waals surface area (Å²) in [6, 6.07) is 7.21. The van der Waals surface area contributed by atoms with Gasteiger partial charge >= 0.3 is 0 Å². The van der Waals surface area contributed by atoms with E-state index in [1.165, 1.54) is 0 Å². The molecule has 2 aromatic rings. The van der Waals surface area contributed by atoms with Crippen LogP contribution in [0.4, 0.5) is 11.6 Å². The molecule has 23 heavy (non-hydrogen) atoms. The topological polar surface area (TPSA) is 58.1 Å². The molecule has 3 rings (SSSR count). The van der Waals surface area contributed by atoms with Gasteiger partial charge in [0.1, 0.15) is 11.6 Å². The minimum absolute atomic E-state index is 0.119. The first-order chi connectivity index (χ1) is 11.1. The van der Waals surface area contributed by atoms with Crippen molar-refractivity contribution >= 4 is 45.1 Å². The number of carbonyl (C=O) groups excluding carboxylic acids is 1. The molecule has 0 bridgehead atoms. The Morgan fingerprint density at radius 1 is 1.30 bits per heavy atom. The van der Waals surface area contributed by atoms with Crippen LogP contribution in [0.2, 0.25) is 5.02 Å². The van der Waals surface area contributed by atoms with Crippen LogP contribution in [0.1, 0.15) is 6.42 Å².